The predicted octanol–water partition coefficient (Wildman–Crippen LogP) is 3.07. The van der Waals surface area contributed by atoms with Crippen LogP contribution in [-0.4, -0.2) is 11.4 Å². The van der Waals surface area contributed by atoms with E-state index < -0.39 is 0 Å². The average molecular weight is 213 g/mol. The van der Waals surface area contributed by atoms with Crippen LogP contribution >= 0.6 is 22.9 Å². The molecule has 0 radical (unpaired) electrons. The van der Waals surface area contributed by atoms with Crippen LogP contribution in [0.25, 0.3) is 10.1 Å². The second kappa shape index (κ2) is 3.01. The molecule has 2 aromatic rings. The Balaban J connectivity index is 2.93. The van der Waals surface area contributed by atoms with Crippen LogP contribution < -0.4 is 0 Å². The third kappa shape index (κ3) is 1.20. The summed E-state index contributed by atoms with van der Waals surface area (Å²) in [6.07, 6.45) is 0.638. The molecule has 0 saturated carbocycles. The van der Waals surface area contributed by atoms with Crippen molar-refractivity contribution in [3.8, 4) is 5.75 Å². The molecule has 2 nitrogen and oxygen atoms in total. The molecule has 1 aromatic heterocycles. The zero-order chi connectivity index (χ0) is 9.42. The smallest absolute Gasteiger partial charge is 0.151 e. The standard InChI is InChI=1S/C9H5ClO2S/c10-8-5(4-11)3-7(12)9-6(8)1-2-13-9/h1-4,12H. The number of carbonyl (C=O) groups excluding carboxylic acids is 1. The summed E-state index contributed by atoms with van der Waals surface area (Å²) in [6, 6.07) is 3.17. The second-order valence-corrected chi connectivity index (χ2v) is 3.87. The Hall–Kier alpha value is -1.06. The third-order valence-corrected chi connectivity index (χ3v) is 3.17. The quantitative estimate of drug-likeness (QED) is 0.738. The highest BCUT2D eigenvalue weighted by atomic mass is 35.5. The normalized spacial score (nSPS) is 10.5. The molecule has 66 valence electrons. The minimum absolute atomic E-state index is 0.108. The summed E-state index contributed by atoms with van der Waals surface area (Å²) in [5, 5.41) is 12.5. The van der Waals surface area contributed by atoms with Gasteiger partial charge in [0.1, 0.15) is 5.75 Å². The Labute approximate surface area is 83.4 Å². The van der Waals surface area contributed by atoms with Gasteiger partial charge in [-0.05, 0) is 17.5 Å². The summed E-state index contributed by atoms with van der Waals surface area (Å²) in [5.41, 5.74) is 0.324. The number of phenolic OH excluding ortho intramolecular Hbond substituents is 1. The summed E-state index contributed by atoms with van der Waals surface area (Å²) >= 11 is 7.32. The number of aromatic hydroxyl groups is 1. The second-order valence-electron chi connectivity index (χ2n) is 2.58. The molecule has 0 aliphatic heterocycles. The number of fused-ring (bicyclic) bond motifs is 1. The Morgan fingerprint density at radius 3 is 3.00 bits per heavy atom. The topological polar surface area (TPSA) is 37.3 Å². The summed E-state index contributed by atoms with van der Waals surface area (Å²) < 4.78 is 0.718. The van der Waals surface area contributed by atoms with E-state index in [1.165, 1.54) is 17.4 Å². The van der Waals surface area contributed by atoms with Crippen LogP contribution in [0.4, 0.5) is 0 Å². The number of halogens is 1. The van der Waals surface area contributed by atoms with Crippen molar-refractivity contribution in [2.45, 2.75) is 0 Å². The first-order chi connectivity index (χ1) is 6.24. The Kier molecular flexibility index (Phi) is 1.98. The van der Waals surface area contributed by atoms with E-state index >= 15 is 0 Å². The van der Waals surface area contributed by atoms with Crippen molar-refractivity contribution in [3.63, 3.8) is 0 Å². The maximum Gasteiger partial charge on any atom is 0.151 e. The summed E-state index contributed by atoms with van der Waals surface area (Å²) in [6.45, 7) is 0. The number of thiophene rings is 1. The van der Waals surface area contributed by atoms with Crippen LogP contribution in [-0.2, 0) is 0 Å². The summed E-state index contributed by atoms with van der Waals surface area (Å²) in [7, 11) is 0. The molecule has 0 atom stereocenters. The lowest BCUT2D eigenvalue weighted by atomic mass is 10.1. The minimum atomic E-state index is 0.108. The molecular formula is C9H5ClO2S. The van der Waals surface area contributed by atoms with Gasteiger partial charge in [-0.25, -0.2) is 0 Å². The van der Waals surface area contributed by atoms with E-state index in [0.29, 0.717) is 16.9 Å². The first-order valence-corrected chi connectivity index (χ1v) is 4.83. The molecule has 0 amide bonds. The van der Waals surface area contributed by atoms with Crippen molar-refractivity contribution in [2.75, 3.05) is 0 Å². The fourth-order valence-electron chi connectivity index (χ4n) is 1.20. The maximum atomic E-state index is 10.6. The van der Waals surface area contributed by atoms with Gasteiger partial charge in [-0.15, -0.1) is 11.3 Å². The maximum absolute atomic E-state index is 10.6. The number of benzene rings is 1. The van der Waals surface area contributed by atoms with Gasteiger partial charge in [0, 0.05) is 10.9 Å². The third-order valence-electron chi connectivity index (χ3n) is 1.81. The Bertz CT molecular complexity index is 476. The molecule has 1 aromatic carbocycles. The Morgan fingerprint density at radius 1 is 1.54 bits per heavy atom. The monoisotopic (exact) mass is 212 g/mol. The van der Waals surface area contributed by atoms with Crippen molar-refractivity contribution >= 4 is 39.3 Å². The number of rotatable bonds is 1. The number of phenols is 1. The lowest BCUT2D eigenvalue weighted by Crippen LogP contribution is -1.81. The van der Waals surface area contributed by atoms with Crippen molar-refractivity contribution in [1.29, 1.82) is 0 Å². The molecule has 0 bridgehead atoms. The van der Waals surface area contributed by atoms with Gasteiger partial charge in [-0.2, -0.15) is 0 Å². The van der Waals surface area contributed by atoms with E-state index in [-0.39, 0.29) is 5.75 Å². The predicted molar refractivity (Wildman–Crippen MR) is 53.9 cm³/mol. The van der Waals surface area contributed by atoms with Crippen molar-refractivity contribution in [3.05, 3.63) is 28.1 Å². The molecule has 0 spiro atoms. The number of hydrogen-bond acceptors (Lipinski definition) is 3. The fourth-order valence-corrected chi connectivity index (χ4v) is 2.33. The van der Waals surface area contributed by atoms with E-state index in [4.69, 9.17) is 11.6 Å². The molecule has 0 saturated heterocycles. The van der Waals surface area contributed by atoms with Crippen LogP contribution in [0.2, 0.25) is 5.02 Å². The molecule has 0 aliphatic rings. The molecule has 1 N–H and O–H groups in total. The molecule has 0 unspecified atom stereocenters. The highest BCUT2D eigenvalue weighted by Crippen LogP contribution is 2.36. The van der Waals surface area contributed by atoms with Gasteiger partial charge in [-0.3, -0.25) is 4.79 Å². The van der Waals surface area contributed by atoms with Gasteiger partial charge in [0.15, 0.2) is 6.29 Å². The molecular weight excluding hydrogens is 208 g/mol. The van der Waals surface area contributed by atoms with Gasteiger partial charge in [0.2, 0.25) is 0 Å². The zero-order valence-electron chi connectivity index (χ0n) is 6.45. The van der Waals surface area contributed by atoms with E-state index in [1.54, 1.807) is 6.07 Å². The van der Waals surface area contributed by atoms with Gasteiger partial charge < -0.3 is 5.11 Å². The van der Waals surface area contributed by atoms with Crippen LogP contribution in [0.1, 0.15) is 10.4 Å². The van der Waals surface area contributed by atoms with E-state index in [9.17, 15) is 9.90 Å². The van der Waals surface area contributed by atoms with Crippen LogP contribution in [0, 0.1) is 0 Å². The van der Waals surface area contributed by atoms with Crippen LogP contribution in [0.3, 0.4) is 0 Å². The van der Waals surface area contributed by atoms with Crippen molar-refractivity contribution in [2.24, 2.45) is 0 Å². The summed E-state index contributed by atoms with van der Waals surface area (Å²) in [4.78, 5) is 10.6. The molecule has 2 rings (SSSR count). The molecule has 4 heteroatoms. The highest BCUT2D eigenvalue weighted by molar-refractivity contribution is 7.17. The first-order valence-electron chi connectivity index (χ1n) is 3.58. The first kappa shape index (κ1) is 8.53. The van der Waals surface area contributed by atoms with Crippen molar-refractivity contribution < 1.29 is 9.90 Å². The molecule has 0 fully saturated rings. The van der Waals surface area contributed by atoms with E-state index in [0.717, 1.165) is 10.1 Å². The van der Waals surface area contributed by atoms with Gasteiger partial charge in [0.25, 0.3) is 0 Å². The molecule has 13 heavy (non-hydrogen) atoms. The van der Waals surface area contributed by atoms with Crippen molar-refractivity contribution in [1.82, 2.24) is 0 Å². The van der Waals surface area contributed by atoms with Crippen LogP contribution in [0.5, 0.6) is 5.75 Å². The van der Waals surface area contributed by atoms with E-state index in [2.05, 4.69) is 0 Å². The number of aldehydes is 1. The van der Waals surface area contributed by atoms with E-state index in [1.807, 2.05) is 5.38 Å². The van der Waals surface area contributed by atoms with Gasteiger partial charge >= 0.3 is 0 Å². The fraction of sp³-hybridized carbons (Fsp3) is 0. The Morgan fingerprint density at radius 2 is 2.31 bits per heavy atom. The van der Waals surface area contributed by atoms with Gasteiger partial charge in [0.05, 0.1) is 9.72 Å². The number of hydrogen-bond donors (Lipinski definition) is 1. The molecule has 0 aliphatic carbocycles. The lowest BCUT2D eigenvalue weighted by Gasteiger charge is -2.00. The minimum Gasteiger partial charge on any atom is -0.506 e. The average Bonchev–Trinajstić information content (AvgIpc) is 2.60. The summed E-state index contributed by atoms with van der Waals surface area (Å²) in [5.74, 6) is 0.108. The molecule has 1 heterocycles. The number of carbonyl (C=O) groups is 1. The van der Waals surface area contributed by atoms with Crippen LogP contribution in [0.15, 0.2) is 17.5 Å². The SMILES string of the molecule is O=Cc1cc(O)c2sccc2c1Cl. The zero-order valence-corrected chi connectivity index (χ0v) is 8.02. The van der Waals surface area contributed by atoms with Gasteiger partial charge in [-0.1, -0.05) is 11.6 Å². The lowest BCUT2D eigenvalue weighted by molar-refractivity contribution is 0.112. The highest BCUT2D eigenvalue weighted by Gasteiger charge is 2.09. The largest absolute Gasteiger partial charge is 0.506 e.